The van der Waals surface area contributed by atoms with E-state index in [4.69, 9.17) is 23.2 Å². The van der Waals surface area contributed by atoms with Crippen LogP contribution in [0.1, 0.15) is 10.4 Å². The van der Waals surface area contributed by atoms with E-state index in [0.29, 0.717) is 28.7 Å². The van der Waals surface area contributed by atoms with E-state index >= 15 is 0 Å². The van der Waals surface area contributed by atoms with Crippen LogP contribution in [0, 0.1) is 0 Å². The first kappa shape index (κ1) is 17.9. The van der Waals surface area contributed by atoms with Gasteiger partial charge in [-0.3, -0.25) is 9.89 Å². The van der Waals surface area contributed by atoms with Crippen molar-refractivity contribution in [1.82, 2.24) is 15.1 Å². The van der Waals surface area contributed by atoms with E-state index in [1.807, 2.05) is 41.3 Å². The highest BCUT2D eigenvalue weighted by Gasteiger charge is 2.24. The molecule has 1 fully saturated rings. The van der Waals surface area contributed by atoms with Crippen LogP contribution in [-0.4, -0.2) is 47.2 Å². The Hall–Kier alpha value is -2.50. The molecule has 5 nitrogen and oxygen atoms in total. The number of nitrogens with one attached hydrogen (secondary N) is 1. The molecule has 0 unspecified atom stereocenters. The Balaban J connectivity index is 1.42. The molecule has 1 aromatic heterocycles. The number of piperazine rings is 1. The number of aromatic nitrogens is 2. The second-order valence-electron chi connectivity index (χ2n) is 6.41. The molecule has 7 heteroatoms. The van der Waals surface area contributed by atoms with Crippen molar-refractivity contribution in [3.05, 3.63) is 70.2 Å². The lowest BCUT2D eigenvalue weighted by Crippen LogP contribution is -2.49. The highest BCUT2D eigenvalue weighted by atomic mass is 35.5. The molecule has 0 radical (unpaired) electrons. The van der Waals surface area contributed by atoms with Gasteiger partial charge in [0.2, 0.25) is 0 Å². The largest absolute Gasteiger partial charge is 0.352 e. The van der Waals surface area contributed by atoms with E-state index in [1.165, 1.54) is 0 Å². The monoisotopic (exact) mass is 400 g/mol. The molecule has 0 saturated carbocycles. The van der Waals surface area contributed by atoms with Crippen LogP contribution in [0.5, 0.6) is 0 Å². The summed E-state index contributed by atoms with van der Waals surface area (Å²) in [4.78, 5) is 16.7. The number of hydrogen-bond donors (Lipinski definition) is 1. The zero-order valence-electron chi connectivity index (χ0n) is 14.5. The second kappa shape index (κ2) is 7.62. The van der Waals surface area contributed by atoms with Gasteiger partial charge in [0.25, 0.3) is 5.91 Å². The van der Waals surface area contributed by atoms with Gasteiger partial charge in [-0.1, -0.05) is 53.5 Å². The van der Waals surface area contributed by atoms with Crippen LogP contribution >= 0.6 is 23.2 Å². The lowest BCUT2D eigenvalue weighted by molar-refractivity contribution is 0.0746. The predicted octanol–water partition coefficient (Wildman–Crippen LogP) is 4.35. The minimum absolute atomic E-state index is 0.0664. The van der Waals surface area contributed by atoms with E-state index in [1.54, 1.807) is 18.2 Å². The van der Waals surface area contributed by atoms with E-state index in [9.17, 15) is 4.79 Å². The normalized spacial score (nSPS) is 14.4. The number of hydrogen-bond acceptors (Lipinski definition) is 3. The summed E-state index contributed by atoms with van der Waals surface area (Å²) in [6, 6.07) is 17.1. The smallest absolute Gasteiger partial charge is 0.255 e. The van der Waals surface area contributed by atoms with Gasteiger partial charge in [-0.15, -0.1) is 0 Å². The van der Waals surface area contributed by atoms with Crippen molar-refractivity contribution in [2.75, 3.05) is 31.1 Å². The fraction of sp³-hybridized carbons (Fsp3) is 0.200. The Labute approximate surface area is 167 Å². The van der Waals surface area contributed by atoms with Gasteiger partial charge in [-0.25, -0.2) is 0 Å². The minimum Gasteiger partial charge on any atom is -0.352 e. The molecule has 1 aliphatic rings. The summed E-state index contributed by atoms with van der Waals surface area (Å²) in [7, 11) is 0. The summed E-state index contributed by atoms with van der Waals surface area (Å²) in [6.07, 6.45) is 0. The summed E-state index contributed by atoms with van der Waals surface area (Å²) in [5.74, 6) is 0.828. The van der Waals surface area contributed by atoms with Gasteiger partial charge in [-0.05, 0) is 23.8 Å². The first-order valence-corrected chi connectivity index (χ1v) is 9.47. The van der Waals surface area contributed by atoms with Crippen LogP contribution in [0.25, 0.3) is 11.3 Å². The van der Waals surface area contributed by atoms with Gasteiger partial charge in [0.15, 0.2) is 5.82 Å². The summed E-state index contributed by atoms with van der Waals surface area (Å²) in [5, 5.41) is 8.43. The molecule has 27 heavy (non-hydrogen) atoms. The number of aromatic amines is 1. The quantitative estimate of drug-likeness (QED) is 0.710. The highest BCUT2D eigenvalue weighted by Crippen LogP contribution is 2.25. The van der Waals surface area contributed by atoms with Crippen LogP contribution in [0.15, 0.2) is 54.6 Å². The second-order valence-corrected chi connectivity index (χ2v) is 7.25. The fourth-order valence-electron chi connectivity index (χ4n) is 3.21. The SMILES string of the molecule is O=C(c1ccc(Cl)cc1Cl)N1CCN(c2cc(-c3ccccc3)[nH]n2)CC1. The topological polar surface area (TPSA) is 52.2 Å². The summed E-state index contributed by atoms with van der Waals surface area (Å²) < 4.78 is 0. The molecular formula is C20H18Cl2N4O. The van der Waals surface area contributed by atoms with Gasteiger partial charge >= 0.3 is 0 Å². The molecular weight excluding hydrogens is 383 g/mol. The van der Waals surface area contributed by atoms with Crippen LogP contribution in [0.4, 0.5) is 5.82 Å². The predicted molar refractivity (Wildman–Crippen MR) is 109 cm³/mol. The van der Waals surface area contributed by atoms with Crippen LogP contribution in [-0.2, 0) is 0 Å². The number of nitrogens with zero attached hydrogens (tertiary/aromatic N) is 3. The van der Waals surface area contributed by atoms with E-state index < -0.39 is 0 Å². The zero-order chi connectivity index (χ0) is 18.8. The third-order valence-corrected chi connectivity index (χ3v) is 5.25. The number of halogens is 2. The molecule has 0 aliphatic carbocycles. The maximum Gasteiger partial charge on any atom is 0.255 e. The molecule has 3 aromatic rings. The van der Waals surface area contributed by atoms with Crippen molar-refractivity contribution in [3.63, 3.8) is 0 Å². The number of benzene rings is 2. The summed E-state index contributed by atoms with van der Waals surface area (Å²) in [5.41, 5.74) is 2.57. The maximum atomic E-state index is 12.7. The molecule has 1 aliphatic heterocycles. The fourth-order valence-corrected chi connectivity index (χ4v) is 3.70. The Morgan fingerprint density at radius 3 is 2.41 bits per heavy atom. The van der Waals surface area contributed by atoms with Crippen molar-refractivity contribution in [2.45, 2.75) is 0 Å². The number of anilines is 1. The molecule has 2 heterocycles. The van der Waals surface area contributed by atoms with Crippen LogP contribution in [0.2, 0.25) is 10.0 Å². The van der Waals surface area contributed by atoms with Crippen molar-refractivity contribution >= 4 is 34.9 Å². The van der Waals surface area contributed by atoms with Crippen molar-refractivity contribution in [2.24, 2.45) is 0 Å². The van der Waals surface area contributed by atoms with Crippen molar-refractivity contribution in [1.29, 1.82) is 0 Å². The molecule has 1 amide bonds. The van der Waals surface area contributed by atoms with Gasteiger partial charge in [0.1, 0.15) is 0 Å². The van der Waals surface area contributed by atoms with E-state index in [-0.39, 0.29) is 5.91 Å². The Morgan fingerprint density at radius 1 is 0.963 bits per heavy atom. The number of rotatable bonds is 3. The molecule has 2 aromatic carbocycles. The van der Waals surface area contributed by atoms with E-state index in [0.717, 1.165) is 30.2 Å². The van der Waals surface area contributed by atoms with Crippen LogP contribution in [0.3, 0.4) is 0 Å². The molecule has 1 saturated heterocycles. The van der Waals surface area contributed by atoms with Crippen molar-refractivity contribution in [3.8, 4) is 11.3 Å². The number of amides is 1. The third kappa shape index (κ3) is 3.80. The molecule has 138 valence electrons. The van der Waals surface area contributed by atoms with Crippen molar-refractivity contribution < 1.29 is 4.79 Å². The lowest BCUT2D eigenvalue weighted by atomic mass is 10.1. The first-order chi connectivity index (χ1) is 13.1. The van der Waals surface area contributed by atoms with Crippen LogP contribution < -0.4 is 4.90 Å². The lowest BCUT2D eigenvalue weighted by Gasteiger charge is -2.35. The average molecular weight is 401 g/mol. The summed E-state index contributed by atoms with van der Waals surface area (Å²) >= 11 is 12.1. The molecule has 0 bridgehead atoms. The Bertz CT molecular complexity index is 950. The van der Waals surface area contributed by atoms with Gasteiger partial charge in [-0.2, -0.15) is 5.10 Å². The number of carbonyl (C=O) groups excluding carboxylic acids is 1. The first-order valence-electron chi connectivity index (χ1n) is 8.72. The van der Waals surface area contributed by atoms with Gasteiger partial charge in [0, 0.05) is 37.3 Å². The third-order valence-electron chi connectivity index (χ3n) is 4.70. The molecule has 0 spiro atoms. The van der Waals surface area contributed by atoms with Gasteiger partial charge in [0.05, 0.1) is 16.3 Å². The summed E-state index contributed by atoms with van der Waals surface area (Å²) in [6.45, 7) is 2.67. The van der Waals surface area contributed by atoms with Gasteiger partial charge < -0.3 is 9.80 Å². The number of carbonyl (C=O) groups is 1. The number of H-pyrrole nitrogens is 1. The Kier molecular flexibility index (Phi) is 5.05. The Morgan fingerprint density at radius 2 is 1.70 bits per heavy atom. The standard InChI is InChI=1S/C20H18Cl2N4O/c21-15-6-7-16(17(22)12-15)20(27)26-10-8-25(9-11-26)19-13-18(23-24-19)14-4-2-1-3-5-14/h1-7,12-13H,8-11H2,(H,23,24). The molecule has 0 atom stereocenters. The van der Waals surface area contributed by atoms with E-state index in [2.05, 4.69) is 15.1 Å². The molecule has 4 rings (SSSR count). The minimum atomic E-state index is -0.0664. The average Bonchev–Trinajstić information content (AvgIpc) is 3.19. The highest BCUT2D eigenvalue weighted by molar-refractivity contribution is 6.36. The molecule has 1 N–H and O–H groups in total. The maximum absolute atomic E-state index is 12.7. The zero-order valence-corrected chi connectivity index (χ0v) is 16.0.